The molecule has 0 aliphatic carbocycles. The van der Waals surface area contributed by atoms with Crippen molar-refractivity contribution in [3.63, 3.8) is 0 Å². The number of benzene rings is 2. The number of hydrogen-bond donors (Lipinski definition) is 1. The maximum Gasteiger partial charge on any atom is 0.251 e. The number of carbonyl (C=O) groups is 1. The molecule has 23 heavy (non-hydrogen) atoms. The van der Waals surface area contributed by atoms with Crippen LogP contribution >= 0.6 is 0 Å². The van der Waals surface area contributed by atoms with Gasteiger partial charge in [0.25, 0.3) is 5.91 Å². The largest absolute Gasteiger partial charge is 0.496 e. The summed E-state index contributed by atoms with van der Waals surface area (Å²) in [5.74, 6) is 1.79. The molecule has 0 aliphatic rings. The van der Waals surface area contributed by atoms with Crippen molar-refractivity contribution in [2.75, 3.05) is 13.7 Å². The van der Waals surface area contributed by atoms with Crippen molar-refractivity contribution in [2.24, 2.45) is 5.92 Å². The molecule has 2 aromatic rings. The molecule has 0 radical (unpaired) electrons. The zero-order valence-corrected chi connectivity index (χ0v) is 13.8. The van der Waals surface area contributed by atoms with E-state index in [0.717, 1.165) is 11.3 Å². The molecule has 1 amide bonds. The fourth-order valence-corrected chi connectivity index (χ4v) is 2.12. The van der Waals surface area contributed by atoms with Gasteiger partial charge >= 0.3 is 0 Å². The second-order valence-corrected chi connectivity index (χ2v) is 5.73. The lowest BCUT2D eigenvalue weighted by molar-refractivity contribution is 0.0950. The second-order valence-electron chi connectivity index (χ2n) is 5.73. The normalized spacial score (nSPS) is 10.4. The van der Waals surface area contributed by atoms with E-state index in [1.807, 2.05) is 36.4 Å². The lowest BCUT2D eigenvalue weighted by Gasteiger charge is -2.11. The van der Waals surface area contributed by atoms with Gasteiger partial charge in [-0.2, -0.15) is 0 Å². The molecule has 2 rings (SSSR count). The van der Waals surface area contributed by atoms with E-state index in [4.69, 9.17) is 9.47 Å². The predicted molar refractivity (Wildman–Crippen MR) is 90.9 cm³/mol. The van der Waals surface area contributed by atoms with Crippen LogP contribution < -0.4 is 14.8 Å². The second kappa shape index (κ2) is 8.22. The molecule has 0 atom stereocenters. The first-order valence-corrected chi connectivity index (χ1v) is 7.73. The minimum atomic E-state index is -0.133. The van der Waals surface area contributed by atoms with Crippen LogP contribution in [0.5, 0.6) is 11.5 Å². The Balaban J connectivity index is 1.99. The fraction of sp³-hybridized carbons (Fsp3) is 0.316. The standard InChI is InChI=1S/C19H23NO3/c1-14(2)13-23-17-9-6-8-15(11-17)19(21)20-12-16-7-4-5-10-18(16)22-3/h4-11,14H,12-13H2,1-3H3,(H,20,21). The van der Waals surface area contributed by atoms with Crippen LogP contribution in [0.1, 0.15) is 29.8 Å². The highest BCUT2D eigenvalue weighted by molar-refractivity contribution is 5.94. The first kappa shape index (κ1) is 16.9. The summed E-state index contributed by atoms with van der Waals surface area (Å²) in [6.07, 6.45) is 0. The van der Waals surface area contributed by atoms with Crippen LogP contribution in [-0.2, 0) is 6.54 Å². The van der Waals surface area contributed by atoms with Gasteiger partial charge in [-0.15, -0.1) is 0 Å². The number of hydrogen-bond acceptors (Lipinski definition) is 3. The third-order valence-electron chi connectivity index (χ3n) is 3.31. The van der Waals surface area contributed by atoms with E-state index in [2.05, 4.69) is 19.2 Å². The van der Waals surface area contributed by atoms with Crippen LogP contribution in [0.2, 0.25) is 0 Å². The molecular formula is C19H23NO3. The summed E-state index contributed by atoms with van der Waals surface area (Å²) in [5.41, 5.74) is 1.52. The number of para-hydroxylation sites is 1. The lowest BCUT2D eigenvalue weighted by atomic mass is 10.1. The third-order valence-corrected chi connectivity index (χ3v) is 3.31. The van der Waals surface area contributed by atoms with E-state index in [0.29, 0.717) is 30.4 Å². The Kier molecular flexibility index (Phi) is 6.03. The molecular weight excluding hydrogens is 290 g/mol. The number of nitrogens with one attached hydrogen (secondary N) is 1. The highest BCUT2D eigenvalue weighted by Crippen LogP contribution is 2.18. The van der Waals surface area contributed by atoms with Crippen molar-refractivity contribution in [2.45, 2.75) is 20.4 Å². The maximum atomic E-state index is 12.3. The molecule has 0 unspecified atom stereocenters. The fourth-order valence-electron chi connectivity index (χ4n) is 2.12. The molecule has 0 spiro atoms. The Bertz CT molecular complexity index is 653. The summed E-state index contributed by atoms with van der Waals surface area (Å²) in [4.78, 5) is 12.3. The molecule has 2 aromatic carbocycles. The average Bonchev–Trinajstić information content (AvgIpc) is 2.58. The van der Waals surface area contributed by atoms with Crippen molar-refractivity contribution >= 4 is 5.91 Å². The molecule has 122 valence electrons. The van der Waals surface area contributed by atoms with Crippen molar-refractivity contribution in [1.82, 2.24) is 5.32 Å². The van der Waals surface area contributed by atoms with E-state index in [-0.39, 0.29) is 5.91 Å². The third kappa shape index (κ3) is 5.02. The van der Waals surface area contributed by atoms with E-state index < -0.39 is 0 Å². The molecule has 4 nitrogen and oxygen atoms in total. The van der Waals surface area contributed by atoms with Gasteiger partial charge in [-0.3, -0.25) is 4.79 Å². The summed E-state index contributed by atoms with van der Waals surface area (Å²) in [7, 11) is 1.62. The van der Waals surface area contributed by atoms with Crippen LogP contribution in [0.3, 0.4) is 0 Å². The van der Waals surface area contributed by atoms with Crippen LogP contribution in [-0.4, -0.2) is 19.6 Å². The van der Waals surface area contributed by atoms with E-state index in [1.165, 1.54) is 0 Å². The van der Waals surface area contributed by atoms with Gasteiger partial charge in [0, 0.05) is 17.7 Å². The Morgan fingerprint density at radius 2 is 1.91 bits per heavy atom. The molecule has 0 bridgehead atoms. The molecule has 4 heteroatoms. The molecule has 0 saturated heterocycles. The van der Waals surface area contributed by atoms with Crippen molar-refractivity contribution in [3.8, 4) is 11.5 Å². The highest BCUT2D eigenvalue weighted by atomic mass is 16.5. The molecule has 0 heterocycles. The van der Waals surface area contributed by atoms with Crippen LogP contribution in [0.25, 0.3) is 0 Å². The quantitative estimate of drug-likeness (QED) is 0.848. The zero-order chi connectivity index (χ0) is 16.7. The zero-order valence-electron chi connectivity index (χ0n) is 13.8. The molecule has 1 N–H and O–H groups in total. The number of amides is 1. The van der Waals surface area contributed by atoms with Gasteiger partial charge in [0.1, 0.15) is 11.5 Å². The minimum absolute atomic E-state index is 0.133. The number of carbonyl (C=O) groups excluding carboxylic acids is 1. The summed E-state index contributed by atoms with van der Waals surface area (Å²) in [5, 5.41) is 2.91. The SMILES string of the molecule is COc1ccccc1CNC(=O)c1cccc(OCC(C)C)c1. The molecule has 0 aromatic heterocycles. The number of rotatable bonds is 7. The first-order valence-electron chi connectivity index (χ1n) is 7.73. The Morgan fingerprint density at radius 1 is 1.13 bits per heavy atom. The summed E-state index contributed by atoms with van der Waals surface area (Å²) in [6.45, 7) is 5.22. The van der Waals surface area contributed by atoms with E-state index >= 15 is 0 Å². The maximum absolute atomic E-state index is 12.3. The average molecular weight is 313 g/mol. The van der Waals surface area contributed by atoms with E-state index in [9.17, 15) is 4.79 Å². The van der Waals surface area contributed by atoms with E-state index in [1.54, 1.807) is 19.2 Å². The topological polar surface area (TPSA) is 47.6 Å². The minimum Gasteiger partial charge on any atom is -0.496 e. The summed E-state index contributed by atoms with van der Waals surface area (Å²) >= 11 is 0. The Morgan fingerprint density at radius 3 is 2.65 bits per heavy atom. The first-order chi connectivity index (χ1) is 11.1. The van der Waals surface area contributed by atoms with Crippen LogP contribution in [0.15, 0.2) is 48.5 Å². The van der Waals surface area contributed by atoms with Gasteiger partial charge < -0.3 is 14.8 Å². The smallest absolute Gasteiger partial charge is 0.251 e. The van der Waals surface area contributed by atoms with Crippen molar-refractivity contribution in [1.29, 1.82) is 0 Å². The van der Waals surface area contributed by atoms with Crippen molar-refractivity contribution in [3.05, 3.63) is 59.7 Å². The predicted octanol–water partition coefficient (Wildman–Crippen LogP) is 3.66. The number of methoxy groups -OCH3 is 1. The lowest BCUT2D eigenvalue weighted by Crippen LogP contribution is -2.23. The molecule has 0 fully saturated rings. The van der Waals surface area contributed by atoms with Gasteiger partial charge in [0.05, 0.1) is 13.7 Å². The van der Waals surface area contributed by atoms with Crippen LogP contribution in [0, 0.1) is 5.92 Å². The van der Waals surface area contributed by atoms with Gasteiger partial charge in [0.15, 0.2) is 0 Å². The molecule has 0 saturated carbocycles. The summed E-state index contributed by atoms with van der Waals surface area (Å²) < 4.78 is 10.9. The monoisotopic (exact) mass is 313 g/mol. The molecule has 0 aliphatic heterocycles. The summed E-state index contributed by atoms with van der Waals surface area (Å²) in [6, 6.07) is 14.9. The van der Waals surface area contributed by atoms with Gasteiger partial charge in [-0.25, -0.2) is 0 Å². The van der Waals surface area contributed by atoms with Crippen LogP contribution in [0.4, 0.5) is 0 Å². The van der Waals surface area contributed by atoms with Gasteiger partial charge in [-0.1, -0.05) is 38.1 Å². The number of ether oxygens (including phenoxy) is 2. The van der Waals surface area contributed by atoms with Crippen molar-refractivity contribution < 1.29 is 14.3 Å². The van der Waals surface area contributed by atoms with Gasteiger partial charge in [-0.05, 0) is 30.2 Å². The Labute approximate surface area is 137 Å². The Hall–Kier alpha value is -2.49. The van der Waals surface area contributed by atoms with Gasteiger partial charge in [0.2, 0.25) is 0 Å². The highest BCUT2D eigenvalue weighted by Gasteiger charge is 2.09.